The van der Waals surface area contributed by atoms with Gasteiger partial charge in [-0.05, 0) is 73.5 Å². The van der Waals surface area contributed by atoms with Crippen LogP contribution in [0.5, 0.6) is 0 Å². The second kappa shape index (κ2) is 24.1. The highest BCUT2D eigenvalue weighted by Crippen LogP contribution is 2.38. The molecule has 0 aromatic rings. The lowest BCUT2D eigenvalue weighted by Gasteiger charge is -2.51. The van der Waals surface area contributed by atoms with E-state index in [1.165, 1.54) is 27.2 Å². The molecule has 3 fully saturated rings. The predicted octanol–water partition coefficient (Wildman–Crippen LogP) is 1.83. The molecule has 0 amide bonds. The minimum Gasteiger partial charge on any atom is -0.462 e. The lowest BCUT2D eigenvalue weighted by Crippen LogP contribution is -2.67. The minimum absolute atomic E-state index is 0.0105. The van der Waals surface area contributed by atoms with Crippen molar-refractivity contribution in [1.82, 2.24) is 4.90 Å². The zero-order valence-corrected chi connectivity index (χ0v) is 39.7. The van der Waals surface area contributed by atoms with E-state index in [0.29, 0.717) is 18.3 Å². The summed E-state index contributed by atoms with van der Waals surface area (Å²) >= 11 is 0. The number of aldehydes is 1. The highest BCUT2D eigenvalue weighted by atomic mass is 16.7. The predicted molar refractivity (Wildman–Crippen MR) is 230 cm³/mol. The van der Waals surface area contributed by atoms with Crippen LogP contribution in [-0.2, 0) is 57.0 Å². The van der Waals surface area contributed by atoms with Gasteiger partial charge in [-0.25, -0.2) is 0 Å². The van der Waals surface area contributed by atoms with Crippen molar-refractivity contribution in [1.29, 1.82) is 0 Å². The summed E-state index contributed by atoms with van der Waals surface area (Å²) in [4.78, 5) is 41.5. The molecule has 0 unspecified atom stereocenters. The van der Waals surface area contributed by atoms with Gasteiger partial charge in [0.05, 0.1) is 55.7 Å². The van der Waals surface area contributed by atoms with Crippen LogP contribution >= 0.6 is 0 Å². The van der Waals surface area contributed by atoms with Gasteiger partial charge in [-0.3, -0.25) is 9.59 Å². The van der Waals surface area contributed by atoms with E-state index >= 15 is 0 Å². The summed E-state index contributed by atoms with van der Waals surface area (Å²) < 4.78 is 54.7. The van der Waals surface area contributed by atoms with E-state index < -0.39 is 140 Å². The van der Waals surface area contributed by atoms with Crippen LogP contribution in [0.1, 0.15) is 87.5 Å². The number of carbonyl (C=O) groups excluding carboxylic acids is 3. The van der Waals surface area contributed by atoms with E-state index in [1.54, 1.807) is 66.6 Å². The maximum absolute atomic E-state index is 13.8. The Labute approximate surface area is 378 Å². The Morgan fingerprint density at radius 1 is 0.859 bits per heavy atom. The molecular formula is C46H77NO17. The Balaban J connectivity index is 1.63. The standard InChI is InChI=1S/C46H77NO17/c1-13-33-30(22-58-44-42(57-12)41(56-11)37(53)27(6)60-44)18-23(2)14-15-31(49)24(3)19-29(16-17-48)39(26(5)32(50)21-35(52)62-33)63-43-38(54)36(47(9)10)40(28(7)61-43)64-45-46(8,55)34(51)20-25(4)59-45/h14-15,17-18,24-30,32-34,36-45,50-51,53-55H,13,16,19-22H2,1-12H3/b15-14+,23-18+/t24-,25+,26+,27-,28-,29+,30-,32-,33-,34+,36-,37-,38-,39-,40-,41-,42-,43+,44-,45+,46+/m1/s1. The topological polar surface area (TPSA) is 239 Å². The van der Waals surface area contributed by atoms with Crippen molar-refractivity contribution in [2.45, 2.75) is 191 Å². The maximum atomic E-state index is 13.8. The molecule has 4 aliphatic rings. The van der Waals surface area contributed by atoms with Crippen molar-refractivity contribution >= 4 is 18.0 Å². The number of ketones is 1. The number of ether oxygens (including phenoxy) is 9. The second-order valence-electron chi connectivity index (χ2n) is 18.7. The van der Waals surface area contributed by atoms with E-state index in [-0.39, 0.29) is 31.7 Å². The summed E-state index contributed by atoms with van der Waals surface area (Å²) in [6.07, 6.45) is -8.55. The van der Waals surface area contributed by atoms with Gasteiger partial charge in [0.2, 0.25) is 0 Å². The van der Waals surface area contributed by atoms with Gasteiger partial charge in [-0.15, -0.1) is 0 Å². The highest BCUT2D eigenvalue weighted by Gasteiger charge is 2.53. The van der Waals surface area contributed by atoms with Crippen LogP contribution in [0.15, 0.2) is 23.8 Å². The summed E-state index contributed by atoms with van der Waals surface area (Å²) in [5.41, 5.74) is -1.08. The van der Waals surface area contributed by atoms with Crippen LogP contribution in [0.2, 0.25) is 0 Å². The number of likely N-dealkylation sites (N-methyl/N-ethyl adjacent to an activating group) is 1. The second-order valence-corrected chi connectivity index (χ2v) is 18.7. The molecule has 64 heavy (non-hydrogen) atoms. The molecule has 0 spiro atoms. The molecule has 0 aromatic heterocycles. The summed E-state index contributed by atoms with van der Waals surface area (Å²) in [6.45, 7) is 13.6. The van der Waals surface area contributed by atoms with Crippen LogP contribution < -0.4 is 0 Å². The lowest BCUT2D eigenvalue weighted by atomic mass is 9.79. The first-order chi connectivity index (χ1) is 30.1. The molecule has 0 aliphatic carbocycles. The Bertz CT molecular complexity index is 1560. The zero-order chi connectivity index (χ0) is 47.8. The molecule has 18 heteroatoms. The number of methoxy groups -OCH3 is 2. The van der Waals surface area contributed by atoms with Crippen LogP contribution in [-0.4, -0.2) is 187 Å². The molecular weight excluding hydrogens is 838 g/mol. The summed E-state index contributed by atoms with van der Waals surface area (Å²) in [5, 5.41) is 56.3. The Morgan fingerprint density at radius 3 is 2.12 bits per heavy atom. The molecule has 0 aromatic carbocycles. The van der Waals surface area contributed by atoms with Gasteiger partial charge in [0, 0.05) is 44.8 Å². The Morgan fingerprint density at radius 2 is 1.52 bits per heavy atom. The smallest absolute Gasteiger partial charge is 0.308 e. The fourth-order valence-electron chi connectivity index (χ4n) is 9.35. The number of carbonyl (C=O) groups is 3. The largest absolute Gasteiger partial charge is 0.462 e. The van der Waals surface area contributed by atoms with E-state index in [1.807, 2.05) is 13.0 Å². The Kier molecular flexibility index (Phi) is 20.5. The summed E-state index contributed by atoms with van der Waals surface area (Å²) in [5.74, 6) is -3.63. The first kappa shape index (κ1) is 54.3. The molecule has 4 heterocycles. The highest BCUT2D eigenvalue weighted by molar-refractivity contribution is 5.91. The van der Waals surface area contributed by atoms with E-state index in [4.69, 9.17) is 42.6 Å². The summed E-state index contributed by atoms with van der Waals surface area (Å²) in [6, 6.07) is -0.806. The van der Waals surface area contributed by atoms with Gasteiger partial charge in [0.25, 0.3) is 0 Å². The average molecular weight is 916 g/mol. The molecule has 0 saturated carbocycles. The van der Waals surface area contributed by atoms with Gasteiger partial charge < -0.3 is 77.9 Å². The molecule has 368 valence electrons. The summed E-state index contributed by atoms with van der Waals surface area (Å²) in [7, 11) is 6.39. The number of aliphatic hydroxyl groups is 5. The average Bonchev–Trinajstić information content (AvgIpc) is 3.23. The SMILES string of the molecule is CC[C@H]1OC(=O)C[C@@H](O)[C@H](C)[C@@H](O[C@@H]2O[C@H](C)[C@@H](O[C@@H]3O[C@@H](C)C[C@H](O)[C@]3(C)O)[C@H](N(C)C)[C@H]2O)[C@@H](CC=O)C[C@@H](C)C(=O)/C=C/C(C)=C/[C@@H]1CO[C@@H]1O[C@H](C)[C@@H](O)[C@@H](OC)[C@H]1OC. The lowest BCUT2D eigenvalue weighted by molar-refractivity contribution is -0.358. The third kappa shape index (κ3) is 13.2. The molecule has 0 bridgehead atoms. The maximum Gasteiger partial charge on any atom is 0.308 e. The van der Waals surface area contributed by atoms with Crippen molar-refractivity contribution in [2.24, 2.45) is 23.7 Å². The molecule has 0 radical (unpaired) electrons. The monoisotopic (exact) mass is 916 g/mol. The molecule has 3 saturated heterocycles. The van der Waals surface area contributed by atoms with E-state index in [9.17, 15) is 39.9 Å². The number of cyclic esters (lactones) is 1. The number of nitrogens with zero attached hydrogens (tertiary/aromatic N) is 1. The molecule has 18 nitrogen and oxygen atoms in total. The number of hydrogen-bond donors (Lipinski definition) is 5. The number of allylic oxidation sites excluding steroid dienone is 3. The van der Waals surface area contributed by atoms with Crippen LogP contribution in [0.25, 0.3) is 0 Å². The van der Waals surface area contributed by atoms with Gasteiger partial charge in [-0.2, -0.15) is 0 Å². The normalized spacial score (nSPS) is 45.9. The van der Waals surface area contributed by atoms with Crippen molar-refractivity contribution in [3.8, 4) is 0 Å². The van der Waals surface area contributed by atoms with Crippen LogP contribution in [0.4, 0.5) is 0 Å². The van der Waals surface area contributed by atoms with Gasteiger partial charge in [0.15, 0.2) is 24.7 Å². The third-order valence-electron chi connectivity index (χ3n) is 13.4. The van der Waals surface area contributed by atoms with Crippen molar-refractivity contribution in [3.05, 3.63) is 23.8 Å². The molecule has 4 aliphatic heterocycles. The van der Waals surface area contributed by atoms with E-state index in [0.717, 1.165) is 0 Å². The van der Waals surface area contributed by atoms with Crippen LogP contribution in [0, 0.1) is 23.7 Å². The van der Waals surface area contributed by atoms with Gasteiger partial charge in [0.1, 0.15) is 48.5 Å². The van der Waals surface area contributed by atoms with Crippen molar-refractivity contribution in [2.75, 3.05) is 34.9 Å². The van der Waals surface area contributed by atoms with E-state index in [2.05, 4.69) is 0 Å². The van der Waals surface area contributed by atoms with Gasteiger partial charge in [-0.1, -0.05) is 38.5 Å². The number of rotatable bonds is 13. The third-order valence-corrected chi connectivity index (χ3v) is 13.4. The quantitative estimate of drug-likeness (QED) is 0.131. The van der Waals surface area contributed by atoms with Crippen LogP contribution in [0.3, 0.4) is 0 Å². The minimum atomic E-state index is -1.76. The first-order valence-electron chi connectivity index (χ1n) is 22.7. The first-order valence-corrected chi connectivity index (χ1v) is 22.7. The molecule has 21 atom stereocenters. The molecule has 4 rings (SSSR count). The Hall–Kier alpha value is -2.27. The van der Waals surface area contributed by atoms with Gasteiger partial charge >= 0.3 is 5.97 Å². The fraction of sp³-hybridized carbons (Fsp3) is 0.848. The fourth-order valence-corrected chi connectivity index (χ4v) is 9.35. The number of hydrogen-bond acceptors (Lipinski definition) is 18. The molecule has 5 N–H and O–H groups in total. The number of esters is 1. The number of aliphatic hydroxyl groups excluding tert-OH is 4. The van der Waals surface area contributed by atoms with Crippen molar-refractivity contribution in [3.63, 3.8) is 0 Å². The zero-order valence-electron chi connectivity index (χ0n) is 39.7. The van der Waals surface area contributed by atoms with Crippen molar-refractivity contribution < 1.29 is 82.5 Å².